The molecular weight excluding hydrogens is 290 g/mol. The first-order valence-electron chi connectivity index (χ1n) is 5.50. The molecule has 0 bridgehead atoms. The van der Waals surface area contributed by atoms with E-state index in [0.717, 1.165) is 11.3 Å². The Balaban J connectivity index is 2.40. The molecule has 0 radical (unpaired) electrons. The normalized spacial score (nSPS) is 11.5. The highest BCUT2D eigenvalue weighted by Gasteiger charge is 2.20. The number of benzene rings is 1. The zero-order valence-electron chi connectivity index (χ0n) is 10.4. The molecule has 102 valence electrons. The van der Waals surface area contributed by atoms with Gasteiger partial charge in [-0.1, -0.05) is 0 Å². The van der Waals surface area contributed by atoms with Crippen molar-refractivity contribution >= 4 is 19.7 Å². The average molecular weight is 302 g/mol. The predicted octanol–water partition coefficient (Wildman–Crippen LogP) is 1.81. The molecule has 8 heteroatoms. The quantitative estimate of drug-likeness (QED) is 0.805. The molecule has 2 rings (SSSR count). The van der Waals surface area contributed by atoms with Gasteiger partial charge in [0.1, 0.15) is 5.75 Å². The minimum absolute atomic E-state index is 0.280. The molecule has 0 aliphatic carbocycles. The molecule has 1 aromatic heterocycles. The maximum Gasteiger partial charge on any atom is 0.296 e. The molecule has 1 heterocycles. The standard InChI is InChI=1S/C11H12ClN3O3S/c1-3-18-9-6-4-8(5-7-9)10-13-14-11(15(10)2)19(12,16)17/h4-7H,3H2,1-2H3. The fraction of sp³-hybridized carbons (Fsp3) is 0.273. The first-order chi connectivity index (χ1) is 8.93. The van der Waals surface area contributed by atoms with E-state index in [1.165, 1.54) is 4.57 Å². The Morgan fingerprint density at radius 3 is 2.37 bits per heavy atom. The molecule has 0 saturated carbocycles. The summed E-state index contributed by atoms with van der Waals surface area (Å²) in [5.74, 6) is 1.15. The van der Waals surface area contributed by atoms with Gasteiger partial charge in [0.25, 0.3) is 14.2 Å². The topological polar surface area (TPSA) is 74.1 Å². The summed E-state index contributed by atoms with van der Waals surface area (Å²) in [5, 5.41) is 7.14. The van der Waals surface area contributed by atoms with Crippen LogP contribution in [0.2, 0.25) is 0 Å². The van der Waals surface area contributed by atoms with Gasteiger partial charge in [0.05, 0.1) is 6.61 Å². The van der Waals surface area contributed by atoms with Gasteiger partial charge in [-0.3, -0.25) is 4.57 Å². The van der Waals surface area contributed by atoms with Crippen molar-refractivity contribution in [2.24, 2.45) is 7.05 Å². The van der Waals surface area contributed by atoms with E-state index in [4.69, 9.17) is 15.4 Å². The van der Waals surface area contributed by atoms with Crippen LogP contribution in [0.3, 0.4) is 0 Å². The lowest BCUT2D eigenvalue weighted by atomic mass is 10.2. The highest BCUT2D eigenvalue weighted by atomic mass is 35.7. The maximum atomic E-state index is 11.3. The van der Waals surface area contributed by atoms with Crippen molar-refractivity contribution in [1.29, 1.82) is 0 Å². The van der Waals surface area contributed by atoms with Gasteiger partial charge in [-0.15, -0.1) is 10.2 Å². The van der Waals surface area contributed by atoms with Gasteiger partial charge in [-0.2, -0.15) is 0 Å². The van der Waals surface area contributed by atoms with Crippen LogP contribution in [0, 0.1) is 0 Å². The van der Waals surface area contributed by atoms with Gasteiger partial charge in [0.2, 0.25) is 0 Å². The minimum Gasteiger partial charge on any atom is -0.494 e. The fourth-order valence-corrected chi connectivity index (χ4v) is 2.60. The summed E-state index contributed by atoms with van der Waals surface area (Å²) in [6.07, 6.45) is 0. The van der Waals surface area contributed by atoms with Crippen molar-refractivity contribution in [2.45, 2.75) is 12.1 Å². The lowest BCUT2D eigenvalue weighted by molar-refractivity contribution is 0.340. The fourth-order valence-electron chi connectivity index (χ4n) is 1.65. The summed E-state index contributed by atoms with van der Waals surface area (Å²) in [7, 11) is 2.90. The van der Waals surface area contributed by atoms with Crippen LogP contribution in [0.25, 0.3) is 11.4 Å². The number of hydrogen-bond acceptors (Lipinski definition) is 5. The van der Waals surface area contributed by atoms with Crippen LogP contribution in [0.5, 0.6) is 5.75 Å². The predicted molar refractivity (Wildman–Crippen MR) is 70.6 cm³/mol. The van der Waals surface area contributed by atoms with Crippen LogP contribution in [-0.2, 0) is 16.1 Å². The SMILES string of the molecule is CCOc1ccc(-c2nnc(S(=O)(=O)Cl)n2C)cc1. The second-order valence-corrected chi connectivity index (χ2v) is 6.22. The Labute approximate surface area is 115 Å². The first kappa shape index (κ1) is 13.8. The van der Waals surface area contributed by atoms with Crippen LogP contribution in [0.4, 0.5) is 0 Å². The minimum atomic E-state index is -3.90. The maximum absolute atomic E-state index is 11.3. The molecule has 2 aromatic rings. The van der Waals surface area contributed by atoms with E-state index in [-0.39, 0.29) is 5.16 Å². The average Bonchev–Trinajstić information content (AvgIpc) is 2.72. The number of halogens is 1. The summed E-state index contributed by atoms with van der Waals surface area (Å²) >= 11 is 0. The smallest absolute Gasteiger partial charge is 0.296 e. The second kappa shape index (κ2) is 5.18. The van der Waals surface area contributed by atoms with Crippen LogP contribution in [0.15, 0.2) is 29.4 Å². The molecule has 1 aromatic carbocycles. The highest BCUT2D eigenvalue weighted by Crippen LogP contribution is 2.23. The number of rotatable bonds is 4. The monoisotopic (exact) mass is 301 g/mol. The van der Waals surface area contributed by atoms with E-state index in [9.17, 15) is 8.42 Å². The molecule has 6 nitrogen and oxygen atoms in total. The van der Waals surface area contributed by atoms with Crippen molar-refractivity contribution in [2.75, 3.05) is 6.61 Å². The van der Waals surface area contributed by atoms with E-state index < -0.39 is 9.05 Å². The van der Waals surface area contributed by atoms with E-state index >= 15 is 0 Å². The Morgan fingerprint density at radius 1 is 1.26 bits per heavy atom. The Morgan fingerprint density at radius 2 is 1.89 bits per heavy atom. The molecular formula is C11H12ClN3O3S. The number of nitrogens with zero attached hydrogens (tertiary/aromatic N) is 3. The zero-order valence-corrected chi connectivity index (χ0v) is 11.9. The number of ether oxygens (including phenoxy) is 1. The van der Waals surface area contributed by atoms with Crippen LogP contribution < -0.4 is 4.74 Å². The van der Waals surface area contributed by atoms with Gasteiger partial charge in [-0.25, -0.2) is 8.42 Å². The Kier molecular flexibility index (Phi) is 3.77. The summed E-state index contributed by atoms with van der Waals surface area (Å²) in [6, 6.07) is 7.12. The third-order valence-electron chi connectivity index (χ3n) is 2.48. The largest absolute Gasteiger partial charge is 0.494 e. The van der Waals surface area contributed by atoms with E-state index in [0.29, 0.717) is 12.4 Å². The molecule has 0 N–H and O–H groups in total. The summed E-state index contributed by atoms with van der Waals surface area (Å²) in [6.45, 7) is 2.48. The molecule has 0 amide bonds. The number of hydrogen-bond donors (Lipinski definition) is 0. The molecule has 0 spiro atoms. The van der Waals surface area contributed by atoms with Crippen molar-refractivity contribution in [1.82, 2.24) is 14.8 Å². The van der Waals surface area contributed by atoms with Crippen LogP contribution in [-0.4, -0.2) is 29.8 Å². The van der Waals surface area contributed by atoms with E-state index in [1.54, 1.807) is 31.3 Å². The van der Waals surface area contributed by atoms with Gasteiger partial charge in [0, 0.05) is 23.3 Å². The van der Waals surface area contributed by atoms with Crippen LogP contribution >= 0.6 is 10.7 Å². The molecule has 0 aliphatic rings. The summed E-state index contributed by atoms with van der Waals surface area (Å²) in [4.78, 5) is 0. The van der Waals surface area contributed by atoms with E-state index in [2.05, 4.69) is 10.2 Å². The molecule has 0 saturated heterocycles. The van der Waals surface area contributed by atoms with Gasteiger partial charge < -0.3 is 4.74 Å². The Hall–Kier alpha value is -1.60. The van der Waals surface area contributed by atoms with Crippen molar-refractivity contribution in [3.05, 3.63) is 24.3 Å². The lowest BCUT2D eigenvalue weighted by Crippen LogP contribution is -2.02. The van der Waals surface area contributed by atoms with Crippen molar-refractivity contribution in [3.63, 3.8) is 0 Å². The summed E-state index contributed by atoms with van der Waals surface area (Å²) < 4.78 is 29.2. The Bertz CT molecular complexity index is 680. The lowest BCUT2D eigenvalue weighted by Gasteiger charge is -2.05. The van der Waals surface area contributed by atoms with Crippen LogP contribution in [0.1, 0.15) is 6.92 Å². The molecule has 19 heavy (non-hydrogen) atoms. The number of aromatic nitrogens is 3. The van der Waals surface area contributed by atoms with Gasteiger partial charge in [0.15, 0.2) is 5.82 Å². The third kappa shape index (κ3) is 2.87. The van der Waals surface area contributed by atoms with Gasteiger partial charge in [-0.05, 0) is 31.2 Å². The first-order valence-corrected chi connectivity index (χ1v) is 7.81. The molecule has 0 fully saturated rings. The third-order valence-corrected chi connectivity index (χ3v) is 3.68. The molecule has 0 atom stereocenters. The van der Waals surface area contributed by atoms with Crippen molar-refractivity contribution < 1.29 is 13.2 Å². The van der Waals surface area contributed by atoms with Gasteiger partial charge >= 0.3 is 0 Å². The van der Waals surface area contributed by atoms with E-state index in [1.807, 2.05) is 6.92 Å². The highest BCUT2D eigenvalue weighted by molar-refractivity contribution is 8.13. The summed E-state index contributed by atoms with van der Waals surface area (Å²) in [5.41, 5.74) is 0.727. The zero-order chi connectivity index (χ0) is 14.0. The second-order valence-electron chi connectivity index (χ2n) is 3.76. The van der Waals surface area contributed by atoms with Crippen molar-refractivity contribution in [3.8, 4) is 17.1 Å². The molecule has 0 unspecified atom stereocenters. The molecule has 0 aliphatic heterocycles.